The van der Waals surface area contributed by atoms with Gasteiger partial charge in [-0.3, -0.25) is 9.59 Å². The van der Waals surface area contributed by atoms with Crippen molar-refractivity contribution in [3.05, 3.63) is 60.7 Å². The lowest BCUT2D eigenvalue weighted by atomic mass is 10.0. The Hall–Kier alpha value is -5.73. The molecule has 4 aromatic rings. The summed E-state index contributed by atoms with van der Waals surface area (Å²) in [7, 11) is 2.58. The van der Waals surface area contributed by atoms with E-state index in [1.807, 2.05) is 56.9 Å². The van der Waals surface area contributed by atoms with Crippen LogP contribution in [-0.2, 0) is 19.1 Å². The average Bonchev–Trinajstić information content (AvgIpc) is 3.99. The van der Waals surface area contributed by atoms with Gasteiger partial charge in [0.15, 0.2) is 0 Å². The highest BCUT2D eigenvalue weighted by Gasteiger charge is 2.38. The third-order valence-corrected chi connectivity index (χ3v) is 10.5. The number of hydrogen-bond acceptors (Lipinski definition) is 10. The van der Waals surface area contributed by atoms with Crippen molar-refractivity contribution >= 4 is 40.9 Å². The lowest BCUT2D eigenvalue weighted by Crippen LogP contribution is -2.53. The number of nitrogens with zero attached hydrogens (tertiary/aromatic N) is 5. The number of likely N-dealkylation sites (tertiary alicyclic amines) is 2. The number of carbonyl (C=O) groups excluding carboxylic acids is 4. The Morgan fingerprint density at radius 1 is 0.782 bits per heavy atom. The Morgan fingerprint density at radius 2 is 1.38 bits per heavy atom. The maximum Gasteiger partial charge on any atom is 0.407 e. The molecule has 2 aliphatic rings. The van der Waals surface area contributed by atoms with E-state index in [1.165, 1.54) is 14.2 Å². The second kappa shape index (κ2) is 17.2. The number of H-pyrrole nitrogens is 1. The van der Waals surface area contributed by atoms with Crippen LogP contribution in [0.5, 0.6) is 0 Å². The Morgan fingerprint density at radius 3 is 2.04 bits per heavy atom. The van der Waals surface area contributed by atoms with E-state index in [0.717, 1.165) is 64.8 Å². The van der Waals surface area contributed by atoms with Gasteiger partial charge in [0.2, 0.25) is 17.8 Å². The van der Waals surface area contributed by atoms with Crippen LogP contribution in [-0.4, -0.2) is 106 Å². The maximum absolute atomic E-state index is 13.5. The molecule has 0 unspecified atom stereocenters. The normalized spacial score (nSPS) is 18.0. The fraction of sp³-hybridized carbons (Fsp3) is 0.475. The monoisotopic (exact) mass is 753 g/mol. The van der Waals surface area contributed by atoms with Crippen molar-refractivity contribution in [3.63, 3.8) is 0 Å². The molecule has 4 amide bonds. The number of aromatic nitrogens is 4. The van der Waals surface area contributed by atoms with Crippen LogP contribution in [0.3, 0.4) is 0 Å². The molecule has 0 radical (unpaired) electrons. The smallest absolute Gasteiger partial charge is 0.407 e. The van der Waals surface area contributed by atoms with E-state index in [-0.39, 0.29) is 35.7 Å². The predicted molar refractivity (Wildman–Crippen MR) is 208 cm³/mol. The van der Waals surface area contributed by atoms with Gasteiger partial charge in [0, 0.05) is 37.3 Å². The molecule has 15 nitrogen and oxygen atoms in total. The summed E-state index contributed by atoms with van der Waals surface area (Å²) in [5.74, 6) is 0.748. The average molecular weight is 754 g/mol. The number of fused-ring (bicyclic) bond motifs is 1. The van der Waals surface area contributed by atoms with E-state index in [0.29, 0.717) is 25.6 Å². The van der Waals surface area contributed by atoms with E-state index in [9.17, 15) is 19.2 Å². The zero-order valence-corrected chi connectivity index (χ0v) is 32.3. The molecule has 4 N–H and O–H groups in total. The summed E-state index contributed by atoms with van der Waals surface area (Å²) >= 11 is 0. The lowest BCUT2D eigenvalue weighted by Gasteiger charge is -2.30. The summed E-state index contributed by atoms with van der Waals surface area (Å²) in [5, 5.41) is 9.60. The fourth-order valence-electron chi connectivity index (χ4n) is 7.41. The van der Waals surface area contributed by atoms with Crippen molar-refractivity contribution in [2.24, 2.45) is 11.8 Å². The first-order chi connectivity index (χ1) is 26.5. The standard InChI is InChI=1S/C40H51N9O6/c1-23(2)33(46-39(52)54-5)36(50)48-17-7-9-29(48)21-43-38-42-20-28-19-27(15-16-30(28)45-38)25-11-13-26(14-12-25)31-22-41-35(44-31)32-10-8-18-49(32)37(51)34(24(3)4)47-40(53)55-6/h11-16,19-20,22-24,29,32-34H,7-10,17-18,21H2,1-6H3,(H,41,44)(H,46,52)(H,47,53)(H,42,43,45)/t29-,32-,33-,34-/m0/s1. The predicted octanol–water partition coefficient (Wildman–Crippen LogP) is 5.51. The number of amides is 4. The summed E-state index contributed by atoms with van der Waals surface area (Å²) in [4.78, 5) is 71.8. The second-order valence-corrected chi connectivity index (χ2v) is 14.8. The van der Waals surface area contributed by atoms with Crippen molar-refractivity contribution in [2.45, 2.75) is 77.5 Å². The van der Waals surface area contributed by atoms with E-state index in [1.54, 1.807) is 17.3 Å². The number of alkyl carbamates (subject to hydrolysis) is 2. The first-order valence-electron chi connectivity index (χ1n) is 18.9. The quantitative estimate of drug-likeness (QED) is 0.144. The van der Waals surface area contributed by atoms with E-state index < -0.39 is 24.3 Å². The maximum atomic E-state index is 13.5. The van der Waals surface area contributed by atoms with Gasteiger partial charge in [0.1, 0.15) is 17.9 Å². The molecule has 15 heteroatoms. The van der Waals surface area contributed by atoms with Gasteiger partial charge in [0.05, 0.1) is 37.7 Å². The molecular formula is C40H51N9O6. The molecule has 0 bridgehead atoms. The molecule has 292 valence electrons. The lowest BCUT2D eigenvalue weighted by molar-refractivity contribution is -0.136. The Labute approximate surface area is 321 Å². The number of nitrogens with one attached hydrogen (secondary N) is 4. The van der Waals surface area contributed by atoms with Gasteiger partial charge < -0.3 is 40.2 Å². The van der Waals surface area contributed by atoms with Gasteiger partial charge in [-0.2, -0.15) is 0 Å². The Kier molecular flexibility index (Phi) is 12.2. The molecule has 0 aliphatic carbocycles. The minimum Gasteiger partial charge on any atom is -0.453 e. The second-order valence-electron chi connectivity index (χ2n) is 14.8. The summed E-state index contributed by atoms with van der Waals surface area (Å²) in [6, 6.07) is 12.7. The first kappa shape index (κ1) is 39.0. The number of rotatable bonds is 12. The number of ether oxygens (including phenoxy) is 2. The van der Waals surface area contributed by atoms with Crippen LogP contribution in [0, 0.1) is 11.8 Å². The van der Waals surface area contributed by atoms with Crippen LogP contribution in [0.2, 0.25) is 0 Å². The van der Waals surface area contributed by atoms with Gasteiger partial charge >= 0.3 is 12.2 Å². The molecule has 2 saturated heterocycles. The molecule has 0 saturated carbocycles. The van der Waals surface area contributed by atoms with Gasteiger partial charge in [0.25, 0.3) is 0 Å². The molecule has 0 spiro atoms. The minimum absolute atomic E-state index is 0.0490. The highest BCUT2D eigenvalue weighted by molar-refractivity contribution is 5.88. The topological polar surface area (TPSA) is 184 Å². The molecule has 2 aliphatic heterocycles. The number of carbonyl (C=O) groups is 4. The summed E-state index contributed by atoms with van der Waals surface area (Å²) in [5.41, 5.74) is 4.67. The Balaban J connectivity index is 1.09. The van der Waals surface area contributed by atoms with Gasteiger partial charge in [-0.05, 0) is 66.3 Å². The van der Waals surface area contributed by atoms with Crippen LogP contribution in [0.25, 0.3) is 33.3 Å². The molecule has 2 aromatic heterocycles. The summed E-state index contributed by atoms with van der Waals surface area (Å²) in [6.45, 7) is 9.31. The molecule has 2 fully saturated rings. The Bertz CT molecular complexity index is 2000. The molecule has 55 heavy (non-hydrogen) atoms. The third-order valence-electron chi connectivity index (χ3n) is 10.5. The van der Waals surface area contributed by atoms with E-state index in [2.05, 4.69) is 49.1 Å². The highest BCUT2D eigenvalue weighted by Crippen LogP contribution is 2.33. The van der Waals surface area contributed by atoms with Crippen LogP contribution < -0.4 is 16.0 Å². The molecular weight excluding hydrogens is 702 g/mol. The van der Waals surface area contributed by atoms with Crippen molar-refractivity contribution < 1.29 is 28.7 Å². The molecule has 2 aromatic carbocycles. The van der Waals surface area contributed by atoms with E-state index >= 15 is 0 Å². The summed E-state index contributed by atoms with van der Waals surface area (Å²) in [6.07, 6.45) is 5.70. The van der Waals surface area contributed by atoms with Crippen molar-refractivity contribution in [2.75, 3.05) is 39.2 Å². The van der Waals surface area contributed by atoms with Gasteiger partial charge in [-0.25, -0.2) is 24.5 Å². The van der Waals surface area contributed by atoms with Crippen LogP contribution >= 0.6 is 0 Å². The number of methoxy groups -OCH3 is 2. The zero-order valence-electron chi connectivity index (χ0n) is 32.3. The molecule has 4 heterocycles. The number of benzene rings is 2. The minimum atomic E-state index is -0.690. The SMILES string of the molecule is COC(=O)N[C@H](C(=O)N1CCC[C@H]1CNc1ncc2cc(-c3ccc(-c4cnc([C@@H]5CCCN5C(=O)[C@@H](NC(=O)OC)C(C)C)[nH]4)cc3)ccc2n1)C(C)C. The third kappa shape index (κ3) is 8.82. The fourth-order valence-corrected chi connectivity index (χ4v) is 7.41. The zero-order chi connectivity index (χ0) is 39.2. The summed E-state index contributed by atoms with van der Waals surface area (Å²) < 4.78 is 9.49. The van der Waals surface area contributed by atoms with Gasteiger partial charge in [-0.1, -0.05) is 58.0 Å². The number of imidazole rings is 1. The molecule has 4 atom stereocenters. The van der Waals surface area contributed by atoms with Gasteiger partial charge in [-0.15, -0.1) is 0 Å². The van der Waals surface area contributed by atoms with Crippen LogP contribution in [0.1, 0.15) is 65.2 Å². The largest absolute Gasteiger partial charge is 0.453 e. The van der Waals surface area contributed by atoms with E-state index in [4.69, 9.17) is 14.5 Å². The first-order valence-corrected chi connectivity index (χ1v) is 18.9. The van der Waals surface area contributed by atoms with Crippen molar-refractivity contribution in [1.82, 2.24) is 40.4 Å². The van der Waals surface area contributed by atoms with Crippen LogP contribution in [0.4, 0.5) is 15.5 Å². The van der Waals surface area contributed by atoms with Crippen molar-refractivity contribution in [1.29, 1.82) is 0 Å². The number of anilines is 1. The van der Waals surface area contributed by atoms with Crippen LogP contribution in [0.15, 0.2) is 54.9 Å². The number of hydrogen-bond donors (Lipinski definition) is 4. The molecule has 6 rings (SSSR count). The highest BCUT2D eigenvalue weighted by atomic mass is 16.5. The number of aromatic amines is 1. The van der Waals surface area contributed by atoms with Crippen molar-refractivity contribution in [3.8, 4) is 22.4 Å².